The van der Waals surface area contributed by atoms with Crippen LogP contribution in [0.25, 0.3) is 17.1 Å². The maximum Gasteiger partial charge on any atom is 0.262 e. The van der Waals surface area contributed by atoms with Gasteiger partial charge in [0, 0.05) is 18.0 Å². The summed E-state index contributed by atoms with van der Waals surface area (Å²) in [5.41, 5.74) is 2.27. The molecule has 0 radical (unpaired) electrons. The molecule has 0 aliphatic heterocycles. The molecular weight excluding hydrogens is 300 g/mol. The Morgan fingerprint density at radius 2 is 1.83 bits per heavy atom. The van der Waals surface area contributed by atoms with E-state index in [9.17, 15) is 9.90 Å². The number of benzene rings is 1. The average molecular weight is 320 g/mol. The van der Waals surface area contributed by atoms with Crippen molar-refractivity contribution >= 4 is 0 Å². The minimum atomic E-state index is -0.185. The number of nitrogens with zero attached hydrogens (tertiary/aromatic N) is 2. The molecular formula is C20H20N2O2. The quantitative estimate of drug-likeness (QED) is 0.774. The number of para-hydroxylation sites is 1. The number of rotatable bonds is 5. The van der Waals surface area contributed by atoms with Crippen LogP contribution in [-0.2, 0) is 6.42 Å². The fourth-order valence-electron chi connectivity index (χ4n) is 2.76. The van der Waals surface area contributed by atoms with E-state index in [0.29, 0.717) is 23.4 Å². The highest BCUT2D eigenvalue weighted by Gasteiger charge is 2.17. The molecule has 2 aromatic heterocycles. The van der Waals surface area contributed by atoms with Gasteiger partial charge in [-0.2, -0.15) is 0 Å². The monoisotopic (exact) mass is 320 g/mol. The average Bonchev–Trinajstić information content (AvgIpc) is 2.62. The van der Waals surface area contributed by atoms with Crippen molar-refractivity contribution in [3.63, 3.8) is 0 Å². The Hall–Kier alpha value is -2.88. The van der Waals surface area contributed by atoms with E-state index in [1.54, 1.807) is 16.8 Å². The van der Waals surface area contributed by atoms with Gasteiger partial charge in [0.15, 0.2) is 0 Å². The Bertz CT molecular complexity index is 871. The zero-order valence-corrected chi connectivity index (χ0v) is 13.6. The lowest BCUT2D eigenvalue weighted by Gasteiger charge is -2.16. The minimum absolute atomic E-state index is 0.0429. The zero-order chi connectivity index (χ0) is 16.9. The van der Waals surface area contributed by atoms with Gasteiger partial charge in [-0.25, -0.2) is 0 Å². The molecule has 4 heteroatoms. The molecule has 3 rings (SSSR count). The van der Waals surface area contributed by atoms with Crippen molar-refractivity contribution in [1.29, 1.82) is 0 Å². The highest BCUT2D eigenvalue weighted by molar-refractivity contribution is 5.61. The lowest BCUT2D eigenvalue weighted by atomic mass is 10.1. The Balaban J connectivity index is 2.28. The molecule has 1 N–H and O–H groups in total. The van der Waals surface area contributed by atoms with Crippen LogP contribution < -0.4 is 5.56 Å². The molecule has 0 unspecified atom stereocenters. The highest BCUT2D eigenvalue weighted by Crippen LogP contribution is 2.26. The summed E-state index contributed by atoms with van der Waals surface area (Å²) in [7, 11) is 0. The summed E-state index contributed by atoms with van der Waals surface area (Å²) in [6.07, 6.45) is 4.07. The van der Waals surface area contributed by atoms with Crippen LogP contribution in [0.4, 0.5) is 0 Å². The summed E-state index contributed by atoms with van der Waals surface area (Å²) in [6, 6.07) is 16.6. The predicted molar refractivity (Wildman–Crippen MR) is 95.5 cm³/mol. The molecule has 0 aliphatic carbocycles. The van der Waals surface area contributed by atoms with E-state index in [-0.39, 0.29) is 11.3 Å². The van der Waals surface area contributed by atoms with E-state index in [1.807, 2.05) is 48.5 Å². The van der Waals surface area contributed by atoms with Crippen molar-refractivity contribution in [2.24, 2.45) is 0 Å². The highest BCUT2D eigenvalue weighted by atomic mass is 16.3. The molecule has 0 amide bonds. The number of hydrogen-bond acceptors (Lipinski definition) is 3. The molecule has 0 spiro atoms. The third-order valence-electron chi connectivity index (χ3n) is 4.01. The van der Waals surface area contributed by atoms with Gasteiger partial charge in [0.25, 0.3) is 5.56 Å². The van der Waals surface area contributed by atoms with Gasteiger partial charge in [0.1, 0.15) is 5.75 Å². The SMILES string of the molecule is CCCCc1c(O)cc(-c2ccccn2)n(-c2ccccc2)c1=O. The molecule has 122 valence electrons. The molecule has 0 saturated carbocycles. The van der Waals surface area contributed by atoms with Gasteiger partial charge in [0.2, 0.25) is 0 Å². The van der Waals surface area contributed by atoms with E-state index >= 15 is 0 Å². The summed E-state index contributed by atoms with van der Waals surface area (Å²) in [5, 5.41) is 10.4. The number of aromatic nitrogens is 2. The number of aromatic hydroxyl groups is 1. The smallest absolute Gasteiger partial charge is 0.262 e. The molecule has 3 aromatic rings. The van der Waals surface area contributed by atoms with Crippen molar-refractivity contribution in [3.05, 3.63) is 76.7 Å². The first kappa shape index (κ1) is 16.0. The van der Waals surface area contributed by atoms with Gasteiger partial charge in [-0.15, -0.1) is 0 Å². The fourth-order valence-corrected chi connectivity index (χ4v) is 2.76. The van der Waals surface area contributed by atoms with Crippen LogP contribution in [0.1, 0.15) is 25.3 Å². The maximum absolute atomic E-state index is 13.1. The normalized spacial score (nSPS) is 10.7. The van der Waals surface area contributed by atoms with Crippen LogP contribution >= 0.6 is 0 Å². The molecule has 0 atom stereocenters. The standard InChI is InChI=1S/C20H20N2O2/c1-2-3-11-16-19(23)14-18(17-12-7-8-13-21-17)22(20(16)24)15-9-5-4-6-10-15/h4-10,12-14,23H,2-3,11H2,1H3. The van der Waals surface area contributed by atoms with Gasteiger partial charge < -0.3 is 5.11 Å². The van der Waals surface area contributed by atoms with Crippen molar-refractivity contribution < 1.29 is 5.11 Å². The van der Waals surface area contributed by atoms with E-state index in [0.717, 1.165) is 18.5 Å². The van der Waals surface area contributed by atoms with Gasteiger partial charge in [0.05, 0.1) is 17.0 Å². The van der Waals surface area contributed by atoms with Crippen LogP contribution in [-0.4, -0.2) is 14.7 Å². The molecule has 0 aliphatic rings. The molecule has 24 heavy (non-hydrogen) atoms. The summed E-state index contributed by atoms with van der Waals surface area (Å²) < 4.78 is 1.63. The van der Waals surface area contributed by atoms with E-state index in [2.05, 4.69) is 11.9 Å². The van der Waals surface area contributed by atoms with Crippen LogP contribution in [0.3, 0.4) is 0 Å². The maximum atomic E-state index is 13.1. The van der Waals surface area contributed by atoms with E-state index in [1.165, 1.54) is 0 Å². The summed E-state index contributed by atoms with van der Waals surface area (Å²) in [4.78, 5) is 17.4. The fraction of sp³-hybridized carbons (Fsp3) is 0.200. The number of unbranched alkanes of at least 4 members (excludes halogenated alkanes) is 1. The van der Waals surface area contributed by atoms with E-state index < -0.39 is 0 Å². The van der Waals surface area contributed by atoms with Gasteiger partial charge >= 0.3 is 0 Å². The van der Waals surface area contributed by atoms with Crippen LogP contribution in [0.15, 0.2) is 65.6 Å². The number of pyridine rings is 2. The molecule has 4 nitrogen and oxygen atoms in total. The summed E-state index contributed by atoms with van der Waals surface area (Å²) in [5.74, 6) is 0.0429. The van der Waals surface area contributed by atoms with Crippen LogP contribution in [0.2, 0.25) is 0 Å². The number of hydrogen-bond donors (Lipinski definition) is 1. The van der Waals surface area contributed by atoms with Gasteiger partial charge in [-0.3, -0.25) is 14.3 Å². The Labute approximate surface area is 141 Å². The molecule has 0 saturated heterocycles. The van der Waals surface area contributed by atoms with Crippen molar-refractivity contribution in [2.45, 2.75) is 26.2 Å². The second-order valence-electron chi connectivity index (χ2n) is 5.69. The topological polar surface area (TPSA) is 55.1 Å². The van der Waals surface area contributed by atoms with Crippen molar-refractivity contribution in [3.8, 4) is 22.8 Å². The Morgan fingerprint density at radius 3 is 2.50 bits per heavy atom. The van der Waals surface area contributed by atoms with Crippen molar-refractivity contribution in [2.75, 3.05) is 0 Å². The van der Waals surface area contributed by atoms with Crippen molar-refractivity contribution in [1.82, 2.24) is 9.55 Å². The largest absolute Gasteiger partial charge is 0.507 e. The predicted octanol–water partition coefficient (Wildman–Crippen LogP) is 3.95. The minimum Gasteiger partial charge on any atom is -0.507 e. The van der Waals surface area contributed by atoms with Crippen LogP contribution in [0, 0.1) is 0 Å². The molecule has 2 heterocycles. The first-order chi connectivity index (χ1) is 11.7. The van der Waals surface area contributed by atoms with E-state index in [4.69, 9.17) is 0 Å². The lowest BCUT2D eigenvalue weighted by Crippen LogP contribution is -2.24. The second-order valence-corrected chi connectivity index (χ2v) is 5.69. The molecule has 1 aromatic carbocycles. The second kappa shape index (κ2) is 7.13. The lowest BCUT2D eigenvalue weighted by molar-refractivity contribution is 0.464. The molecule has 0 bridgehead atoms. The third-order valence-corrected chi connectivity index (χ3v) is 4.01. The third kappa shape index (κ3) is 3.08. The summed E-state index contributed by atoms with van der Waals surface area (Å²) in [6.45, 7) is 2.06. The summed E-state index contributed by atoms with van der Waals surface area (Å²) >= 11 is 0. The first-order valence-corrected chi connectivity index (χ1v) is 8.17. The molecule has 0 fully saturated rings. The zero-order valence-electron chi connectivity index (χ0n) is 13.6. The van der Waals surface area contributed by atoms with Gasteiger partial charge in [-0.1, -0.05) is 37.6 Å². The Morgan fingerprint density at radius 1 is 1.08 bits per heavy atom. The van der Waals surface area contributed by atoms with Crippen LogP contribution in [0.5, 0.6) is 5.75 Å². The van der Waals surface area contributed by atoms with Gasteiger partial charge in [-0.05, 0) is 37.1 Å². The Kier molecular flexibility index (Phi) is 4.75. The first-order valence-electron chi connectivity index (χ1n) is 8.17.